The van der Waals surface area contributed by atoms with E-state index in [1.165, 1.54) is 25.1 Å². The number of hydrogen-bond donors (Lipinski definition) is 3. The molecule has 9 nitrogen and oxygen atoms in total. The molecule has 0 aliphatic heterocycles. The van der Waals surface area contributed by atoms with Crippen LogP contribution in [0.25, 0.3) is 11.5 Å². The topological polar surface area (TPSA) is 137 Å². The SMILES string of the molecule is C[C@H](N)c1oc(-c2ccc(OC(F)F)c(OCC3CC3)c2)nc1C(=O)N[C@H](C(=O)O)c1ccc(F)cc1F.Cl. The maximum Gasteiger partial charge on any atom is 0.387 e. The van der Waals surface area contributed by atoms with Crippen LogP contribution in [0.1, 0.15) is 53.7 Å². The lowest BCUT2D eigenvalue weighted by Crippen LogP contribution is -2.35. The summed E-state index contributed by atoms with van der Waals surface area (Å²) in [7, 11) is 0. The van der Waals surface area contributed by atoms with Crippen LogP contribution < -0.4 is 20.5 Å². The molecule has 0 unspecified atom stereocenters. The Morgan fingerprint density at radius 3 is 2.49 bits per heavy atom. The van der Waals surface area contributed by atoms with Crippen LogP contribution in [-0.4, -0.2) is 35.2 Å². The molecular formula is C25H24ClF4N3O6. The first-order valence-corrected chi connectivity index (χ1v) is 11.5. The summed E-state index contributed by atoms with van der Waals surface area (Å²) in [5, 5.41) is 11.7. The maximum atomic E-state index is 14.2. The normalized spacial score (nSPS) is 14.3. The van der Waals surface area contributed by atoms with Crippen LogP contribution in [0.4, 0.5) is 17.6 Å². The van der Waals surface area contributed by atoms with Crippen molar-refractivity contribution < 1.29 is 46.1 Å². The van der Waals surface area contributed by atoms with Crippen molar-refractivity contribution in [3.63, 3.8) is 0 Å². The van der Waals surface area contributed by atoms with E-state index >= 15 is 0 Å². The summed E-state index contributed by atoms with van der Waals surface area (Å²) in [5.41, 5.74) is 5.30. The molecule has 1 aromatic heterocycles. The number of hydrogen-bond acceptors (Lipinski definition) is 7. The van der Waals surface area contributed by atoms with E-state index in [0.29, 0.717) is 18.6 Å². The van der Waals surface area contributed by atoms with Crippen molar-refractivity contribution >= 4 is 24.3 Å². The second-order valence-electron chi connectivity index (χ2n) is 8.73. The molecule has 3 aromatic rings. The number of aliphatic carboxylic acids is 1. The van der Waals surface area contributed by atoms with E-state index in [1.807, 2.05) is 0 Å². The molecule has 4 rings (SSSR count). The van der Waals surface area contributed by atoms with E-state index in [0.717, 1.165) is 25.0 Å². The van der Waals surface area contributed by atoms with Gasteiger partial charge in [-0.2, -0.15) is 8.78 Å². The fourth-order valence-electron chi connectivity index (χ4n) is 3.57. The number of halogens is 5. The van der Waals surface area contributed by atoms with E-state index in [-0.39, 0.29) is 46.8 Å². The van der Waals surface area contributed by atoms with Crippen LogP contribution in [0.3, 0.4) is 0 Å². The number of oxazole rings is 1. The van der Waals surface area contributed by atoms with Crippen molar-refractivity contribution in [3.8, 4) is 23.0 Å². The van der Waals surface area contributed by atoms with Gasteiger partial charge in [-0.3, -0.25) is 4.79 Å². The molecule has 1 heterocycles. The van der Waals surface area contributed by atoms with Gasteiger partial charge in [-0.15, -0.1) is 12.4 Å². The number of carboxylic acid groups (broad SMARTS) is 1. The number of rotatable bonds is 11. The number of carboxylic acids is 1. The number of aromatic nitrogens is 1. The predicted octanol–water partition coefficient (Wildman–Crippen LogP) is 5.01. The standard InChI is InChI=1S/C25H23F4N3O6.ClH/c1-11(30)21-20(22(33)31-19(24(34)35)15-6-5-14(26)9-16(15)27)32-23(38-21)13-4-7-17(37-25(28)29)18(8-13)36-10-12-2-3-12;/h4-9,11-12,19,25H,2-3,10,30H2,1H3,(H,31,33)(H,34,35);1H/t11-,19-;/m0./s1. The molecule has 0 radical (unpaired) electrons. The molecular weight excluding hydrogens is 550 g/mol. The summed E-state index contributed by atoms with van der Waals surface area (Å²) in [6.07, 6.45) is 1.92. The van der Waals surface area contributed by atoms with Crippen molar-refractivity contribution in [2.75, 3.05) is 6.61 Å². The molecule has 1 aliphatic rings. The minimum absolute atomic E-state index is 0. The zero-order valence-electron chi connectivity index (χ0n) is 20.3. The summed E-state index contributed by atoms with van der Waals surface area (Å²) < 4.78 is 69.0. The van der Waals surface area contributed by atoms with Gasteiger partial charge in [0, 0.05) is 17.2 Å². The minimum atomic E-state index is -3.08. The van der Waals surface area contributed by atoms with Crippen molar-refractivity contribution in [1.29, 1.82) is 0 Å². The quantitative estimate of drug-likeness (QED) is 0.272. The Hall–Kier alpha value is -3.84. The summed E-state index contributed by atoms with van der Waals surface area (Å²) in [6, 6.07) is 3.43. The van der Waals surface area contributed by atoms with E-state index < -0.39 is 47.8 Å². The lowest BCUT2D eigenvalue weighted by molar-refractivity contribution is -0.139. The van der Waals surface area contributed by atoms with E-state index in [4.69, 9.17) is 14.9 Å². The van der Waals surface area contributed by atoms with Gasteiger partial charge in [-0.05, 0) is 49.9 Å². The molecule has 1 aliphatic carbocycles. The molecule has 14 heteroatoms. The van der Waals surface area contributed by atoms with Crippen LogP contribution in [0.2, 0.25) is 0 Å². The van der Waals surface area contributed by atoms with Crippen LogP contribution in [0.15, 0.2) is 40.8 Å². The van der Waals surface area contributed by atoms with Gasteiger partial charge >= 0.3 is 12.6 Å². The smallest absolute Gasteiger partial charge is 0.387 e. The van der Waals surface area contributed by atoms with Gasteiger partial charge in [0.15, 0.2) is 29.0 Å². The number of ether oxygens (including phenoxy) is 2. The van der Waals surface area contributed by atoms with Gasteiger partial charge in [0.2, 0.25) is 5.89 Å². The van der Waals surface area contributed by atoms with E-state index in [9.17, 15) is 32.3 Å². The van der Waals surface area contributed by atoms with Gasteiger partial charge < -0.3 is 30.0 Å². The van der Waals surface area contributed by atoms with Crippen molar-refractivity contribution in [2.45, 2.75) is 38.5 Å². The largest absolute Gasteiger partial charge is 0.489 e. The number of alkyl halides is 2. The number of nitrogens with one attached hydrogen (secondary N) is 1. The Morgan fingerprint density at radius 2 is 1.90 bits per heavy atom. The van der Waals surface area contributed by atoms with Crippen LogP contribution in [-0.2, 0) is 4.79 Å². The van der Waals surface area contributed by atoms with Gasteiger partial charge in [-0.25, -0.2) is 18.6 Å². The van der Waals surface area contributed by atoms with E-state index in [1.54, 1.807) is 0 Å². The number of nitrogens with zero attached hydrogens (tertiary/aromatic N) is 1. The van der Waals surface area contributed by atoms with Gasteiger partial charge in [0.05, 0.1) is 12.6 Å². The van der Waals surface area contributed by atoms with Crippen molar-refractivity contribution in [3.05, 3.63) is 65.1 Å². The molecule has 39 heavy (non-hydrogen) atoms. The second kappa shape index (κ2) is 12.3. The van der Waals surface area contributed by atoms with Gasteiger partial charge in [-0.1, -0.05) is 6.07 Å². The Bertz CT molecular complexity index is 1350. The minimum Gasteiger partial charge on any atom is -0.489 e. The number of carbonyl (C=O) groups is 2. The predicted molar refractivity (Wildman–Crippen MR) is 131 cm³/mol. The first-order chi connectivity index (χ1) is 18.0. The van der Waals surface area contributed by atoms with Crippen molar-refractivity contribution in [2.24, 2.45) is 11.7 Å². The molecule has 0 saturated heterocycles. The van der Waals surface area contributed by atoms with Crippen LogP contribution in [0.5, 0.6) is 11.5 Å². The summed E-state index contributed by atoms with van der Waals surface area (Å²) in [5.74, 6) is -4.88. The average Bonchev–Trinajstić information content (AvgIpc) is 3.56. The zero-order chi connectivity index (χ0) is 27.6. The molecule has 1 fully saturated rings. The first kappa shape index (κ1) is 29.7. The number of benzene rings is 2. The number of carbonyl (C=O) groups excluding carboxylic acids is 1. The number of amides is 1. The summed E-state index contributed by atoms with van der Waals surface area (Å²) in [4.78, 5) is 29.0. The van der Waals surface area contributed by atoms with Crippen LogP contribution in [0, 0.1) is 17.6 Å². The summed E-state index contributed by atoms with van der Waals surface area (Å²) in [6.45, 7) is -1.30. The highest BCUT2D eigenvalue weighted by Gasteiger charge is 2.30. The number of nitrogens with two attached hydrogens (primary N) is 1. The molecule has 0 bridgehead atoms. The Kier molecular flexibility index (Phi) is 9.41. The highest BCUT2D eigenvalue weighted by Crippen LogP contribution is 2.37. The van der Waals surface area contributed by atoms with Gasteiger partial charge in [0.25, 0.3) is 5.91 Å². The molecule has 2 aromatic carbocycles. The molecule has 1 saturated carbocycles. The summed E-state index contributed by atoms with van der Waals surface area (Å²) >= 11 is 0. The third-order valence-electron chi connectivity index (χ3n) is 5.66. The molecule has 210 valence electrons. The lowest BCUT2D eigenvalue weighted by Gasteiger charge is -2.15. The van der Waals surface area contributed by atoms with Crippen LogP contribution >= 0.6 is 12.4 Å². The van der Waals surface area contributed by atoms with Gasteiger partial charge in [0.1, 0.15) is 11.6 Å². The second-order valence-corrected chi connectivity index (χ2v) is 8.73. The highest BCUT2D eigenvalue weighted by molar-refractivity contribution is 5.96. The third-order valence-corrected chi connectivity index (χ3v) is 5.66. The Morgan fingerprint density at radius 1 is 1.18 bits per heavy atom. The molecule has 0 spiro atoms. The molecule has 4 N–H and O–H groups in total. The van der Waals surface area contributed by atoms with E-state index in [2.05, 4.69) is 15.0 Å². The first-order valence-electron chi connectivity index (χ1n) is 11.5. The monoisotopic (exact) mass is 573 g/mol. The molecule has 1 amide bonds. The lowest BCUT2D eigenvalue weighted by atomic mass is 10.1. The molecule has 2 atom stereocenters. The fourth-order valence-corrected chi connectivity index (χ4v) is 3.57. The zero-order valence-corrected chi connectivity index (χ0v) is 21.1. The fraction of sp³-hybridized carbons (Fsp3) is 0.320. The highest BCUT2D eigenvalue weighted by atomic mass is 35.5. The third kappa shape index (κ3) is 7.18. The van der Waals surface area contributed by atoms with Crippen molar-refractivity contribution in [1.82, 2.24) is 10.3 Å². The maximum absolute atomic E-state index is 14.2. The Labute approximate surface area is 225 Å². The average molecular weight is 574 g/mol. The Balaban J connectivity index is 0.00000420.